The average Bonchev–Trinajstić information content (AvgIpc) is 1.87. The van der Waals surface area contributed by atoms with Gasteiger partial charge < -0.3 is 9.47 Å². The van der Waals surface area contributed by atoms with Gasteiger partial charge in [-0.3, -0.25) is 0 Å². The van der Waals surface area contributed by atoms with Gasteiger partial charge in [-0.05, 0) is 13.8 Å². The fourth-order valence-electron chi connectivity index (χ4n) is 0.522. The van der Waals surface area contributed by atoms with Gasteiger partial charge in [0.05, 0.1) is 0 Å². The van der Waals surface area contributed by atoms with Gasteiger partial charge in [-0.2, -0.15) is 0 Å². The Labute approximate surface area is 75.0 Å². The highest BCUT2D eigenvalue weighted by Crippen LogP contribution is 2.14. The number of rotatable bonds is 5. The lowest BCUT2D eigenvalue weighted by molar-refractivity contribution is -0.124. The highest BCUT2D eigenvalue weighted by atomic mass is 79.9. The first-order valence-corrected chi connectivity index (χ1v) is 4.58. The predicted octanol–water partition coefficient (Wildman–Crippen LogP) is 2.35. The van der Waals surface area contributed by atoms with Crippen LogP contribution in [0.15, 0.2) is 0 Å². The molecule has 0 saturated heterocycles. The molecule has 0 aliphatic rings. The van der Waals surface area contributed by atoms with Gasteiger partial charge in [0.15, 0.2) is 6.29 Å². The van der Waals surface area contributed by atoms with Gasteiger partial charge in [0.25, 0.3) is 0 Å². The van der Waals surface area contributed by atoms with Gasteiger partial charge in [-0.25, -0.2) is 0 Å². The van der Waals surface area contributed by atoms with Crippen LogP contribution in [0.3, 0.4) is 0 Å². The minimum absolute atomic E-state index is 0.271. The molecule has 0 heterocycles. The lowest BCUT2D eigenvalue weighted by Crippen LogP contribution is -2.23. The summed E-state index contributed by atoms with van der Waals surface area (Å²) < 4.78 is 10.0. The minimum atomic E-state index is -0.336. The van der Waals surface area contributed by atoms with Crippen molar-refractivity contribution in [2.45, 2.75) is 24.4 Å². The van der Waals surface area contributed by atoms with Gasteiger partial charge in [-0.1, -0.05) is 15.9 Å². The third-order valence-corrected chi connectivity index (χ3v) is 1.50. The van der Waals surface area contributed by atoms with Crippen LogP contribution < -0.4 is 0 Å². The molecule has 0 aromatic carbocycles. The van der Waals surface area contributed by atoms with Crippen LogP contribution in [0.1, 0.15) is 13.8 Å². The van der Waals surface area contributed by atoms with Crippen molar-refractivity contribution in [1.82, 2.24) is 0 Å². The summed E-state index contributed by atoms with van der Waals surface area (Å²) in [5, 5.41) is 0. The summed E-state index contributed by atoms with van der Waals surface area (Å²) >= 11 is 8.83. The molecule has 0 bridgehead atoms. The average molecular weight is 232 g/mol. The second-order valence-electron chi connectivity index (χ2n) is 1.61. The molecule has 4 heteroatoms. The molecule has 0 fully saturated rings. The SMILES string of the molecule is CCOC(OCC)C(Cl)Br. The third-order valence-electron chi connectivity index (χ3n) is 0.868. The maximum atomic E-state index is 5.67. The first-order valence-electron chi connectivity index (χ1n) is 3.23. The van der Waals surface area contributed by atoms with Crippen LogP contribution in [0.25, 0.3) is 0 Å². The van der Waals surface area contributed by atoms with Crippen molar-refractivity contribution in [3.05, 3.63) is 0 Å². The van der Waals surface area contributed by atoms with Crippen LogP contribution in [-0.2, 0) is 9.47 Å². The molecule has 10 heavy (non-hydrogen) atoms. The molecule has 62 valence electrons. The van der Waals surface area contributed by atoms with Crippen molar-refractivity contribution in [2.24, 2.45) is 0 Å². The zero-order valence-electron chi connectivity index (χ0n) is 6.14. The van der Waals surface area contributed by atoms with Crippen molar-refractivity contribution in [1.29, 1.82) is 0 Å². The van der Waals surface area contributed by atoms with E-state index in [-0.39, 0.29) is 10.6 Å². The topological polar surface area (TPSA) is 18.5 Å². The molecular weight excluding hydrogens is 219 g/mol. The third kappa shape index (κ3) is 4.50. The van der Waals surface area contributed by atoms with E-state index in [1.165, 1.54) is 0 Å². The summed E-state index contributed by atoms with van der Waals surface area (Å²) in [4.78, 5) is 0. The predicted molar refractivity (Wildman–Crippen MR) is 45.6 cm³/mol. The summed E-state index contributed by atoms with van der Waals surface area (Å²) in [5.41, 5.74) is 0. The fraction of sp³-hybridized carbons (Fsp3) is 1.00. The van der Waals surface area contributed by atoms with Crippen LogP contribution in [0.5, 0.6) is 0 Å². The molecule has 1 atom stereocenters. The normalized spacial score (nSPS) is 14.1. The van der Waals surface area contributed by atoms with Crippen LogP contribution in [0.2, 0.25) is 0 Å². The molecule has 1 unspecified atom stereocenters. The number of ether oxygens (including phenoxy) is 2. The minimum Gasteiger partial charge on any atom is -0.350 e. The maximum absolute atomic E-state index is 5.67. The monoisotopic (exact) mass is 230 g/mol. The molecule has 2 nitrogen and oxygen atoms in total. The molecule has 0 spiro atoms. The molecule has 0 aliphatic carbocycles. The van der Waals surface area contributed by atoms with Gasteiger partial charge in [0.1, 0.15) is 4.29 Å². The van der Waals surface area contributed by atoms with Crippen molar-refractivity contribution in [2.75, 3.05) is 13.2 Å². The van der Waals surface area contributed by atoms with Crippen LogP contribution >= 0.6 is 27.5 Å². The van der Waals surface area contributed by atoms with E-state index in [1.54, 1.807) is 0 Å². The number of hydrogen-bond donors (Lipinski definition) is 0. The van der Waals surface area contributed by atoms with Crippen LogP contribution in [0.4, 0.5) is 0 Å². The summed E-state index contributed by atoms with van der Waals surface area (Å²) in [6, 6.07) is 0. The van der Waals surface area contributed by atoms with Crippen molar-refractivity contribution >= 4 is 27.5 Å². The van der Waals surface area contributed by atoms with E-state index in [0.29, 0.717) is 13.2 Å². The van der Waals surface area contributed by atoms with E-state index in [2.05, 4.69) is 15.9 Å². The van der Waals surface area contributed by atoms with E-state index in [0.717, 1.165) is 0 Å². The number of alkyl halides is 2. The van der Waals surface area contributed by atoms with Crippen molar-refractivity contribution in [3.8, 4) is 0 Å². The Balaban J connectivity index is 3.50. The zero-order valence-corrected chi connectivity index (χ0v) is 8.48. The molecule has 0 rings (SSSR count). The number of halogens is 2. The molecule has 0 N–H and O–H groups in total. The van der Waals surface area contributed by atoms with Gasteiger partial charge in [0.2, 0.25) is 0 Å². The van der Waals surface area contributed by atoms with Crippen LogP contribution in [0, 0.1) is 0 Å². The Hall–Kier alpha value is 0.690. The Morgan fingerprint density at radius 3 is 1.90 bits per heavy atom. The first-order chi connectivity index (χ1) is 4.72. The molecule has 0 saturated carbocycles. The fourth-order valence-corrected chi connectivity index (χ4v) is 0.973. The Morgan fingerprint density at radius 1 is 1.30 bits per heavy atom. The Morgan fingerprint density at radius 2 is 1.70 bits per heavy atom. The van der Waals surface area contributed by atoms with E-state index in [1.807, 2.05) is 13.8 Å². The highest BCUT2D eigenvalue weighted by molar-refractivity contribution is 9.10. The summed E-state index contributed by atoms with van der Waals surface area (Å²) in [5.74, 6) is 0. The van der Waals surface area contributed by atoms with E-state index < -0.39 is 0 Å². The molecule has 0 aromatic heterocycles. The molecule has 0 aliphatic heterocycles. The summed E-state index contributed by atoms with van der Waals surface area (Å²) in [7, 11) is 0. The Kier molecular flexibility index (Phi) is 6.85. The zero-order chi connectivity index (χ0) is 7.98. The largest absolute Gasteiger partial charge is 0.350 e. The summed E-state index contributed by atoms with van der Waals surface area (Å²) in [6.45, 7) is 5.02. The van der Waals surface area contributed by atoms with Gasteiger partial charge in [-0.15, -0.1) is 11.6 Å². The highest BCUT2D eigenvalue weighted by Gasteiger charge is 2.15. The van der Waals surface area contributed by atoms with Gasteiger partial charge in [0, 0.05) is 13.2 Å². The van der Waals surface area contributed by atoms with E-state index in [4.69, 9.17) is 21.1 Å². The first kappa shape index (κ1) is 10.7. The molecule has 0 radical (unpaired) electrons. The second kappa shape index (κ2) is 6.40. The number of hydrogen-bond acceptors (Lipinski definition) is 2. The smallest absolute Gasteiger partial charge is 0.183 e. The Bertz CT molecular complexity index is 74.1. The lowest BCUT2D eigenvalue weighted by atomic mass is 10.7. The quantitative estimate of drug-likeness (QED) is 0.534. The maximum Gasteiger partial charge on any atom is 0.183 e. The summed E-state index contributed by atoms with van der Waals surface area (Å²) in [6.07, 6.45) is -0.336. The lowest BCUT2D eigenvalue weighted by Gasteiger charge is -2.17. The molecule has 0 amide bonds. The second-order valence-corrected chi connectivity index (χ2v) is 3.60. The van der Waals surface area contributed by atoms with Crippen molar-refractivity contribution < 1.29 is 9.47 Å². The molecule has 0 aromatic rings. The molecular formula is C6H12BrClO2. The standard InChI is InChI=1S/C6H12BrClO2/c1-3-9-6(5(7)8)10-4-2/h5-6H,3-4H2,1-2H3. The van der Waals surface area contributed by atoms with Gasteiger partial charge >= 0.3 is 0 Å². The van der Waals surface area contributed by atoms with E-state index in [9.17, 15) is 0 Å². The van der Waals surface area contributed by atoms with E-state index >= 15 is 0 Å². The van der Waals surface area contributed by atoms with Crippen molar-refractivity contribution in [3.63, 3.8) is 0 Å². The van der Waals surface area contributed by atoms with Crippen LogP contribution in [-0.4, -0.2) is 23.8 Å².